The molecule has 1 atom stereocenters. The van der Waals surface area contributed by atoms with Crippen LogP contribution in [0.1, 0.15) is 13.8 Å². The Morgan fingerprint density at radius 1 is 1.56 bits per heavy atom. The molecular formula is C12H18BrN3OS. The predicted octanol–water partition coefficient (Wildman–Crippen LogP) is 2.58. The molecule has 1 aromatic heterocycles. The largest absolute Gasteiger partial charge is 0.368 e. The quantitative estimate of drug-likeness (QED) is 0.483. The van der Waals surface area contributed by atoms with E-state index in [1.54, 1.807) is 18.1 Å². The van der Waals surface area contributed by atoms with Crippen LogP contribution in [0.15, 0.2) is 17.4 Å². The number of hydrogen-bond donors (Lipinski definition) is 0. The van der Waals surface area contributed by atoms with Gasteiger partial charge in [-0.3, -0.25) is 0 Å². The van der Waals surface area contributed by atoms with E-state index in [1.165, 1.54) is 0 Å². The fraction of sp³-hybridized carbons (Fsp3) is 0.667. The fourth-order valence-electron chi connectivity index (χ4n) is 2.17. The maximum Gasteiger partial charge on any atom is 0.133 e. The maximum absolute atomic E-state index is 5.99. The van der Waals surface area contributed by atoms with Gasteiger partial charge in [0.05, 0.1) is 11.7 Å². The molecule has 0 N–H and O–H groups in total. The van der Waals surface area contributed by atoms with Crippen molar-refractivity contribution in [1.82, 2.24) is 9.97 Å². The first-order valence-electron chi connectivity index (χ1n) is 5.89. The molecule has 18 heavy (non-hydrogen) atoms. The third kappa shape index (κ3) is 3.36. The molecule has 1 fully saturated rings. The predicted molar refractivity (Wildman–Crippen MR) is 78.8 cm³/mol. The zero-order valence-electron chi connectivity index (χ0n) is 10.9. The number of thioether (sulfide) groups is 1. The monoisotopic (exact) mass is 331 g/mol. The van der Waals surface area contributed by atoms with E-state index in [9.17, 15) is 0 Å². The molecule has 0 aliphatic carbocycles. The molecule has 0 spiro atoms. The molecule has 0 bridgehead atoms. The molecule has 2 heterocycles. The van der Waals surface area contributed by atoms with Crippen LogP contribution in [-0.2, 0) is 4.74 Å². The van der Waals surface area contributed by atoms with Crippen LogP contribution >= 0.6 is 27.7 Å². The van der Waals surface area contributed by atoms with Crippen LogP contribution in [-0.4, -0.2) is 46.3 Å². The van der Waals surface area contributed by atoms with Crippen molar-refractivity contribution < 1.29 is 4.74 Å². The average Bonchev–Trinajstić information content (AvgIpc) is 2.37. The second-order valence-corrected chi connectivity index (χ2v) is 6.43. The lowest BCUT2D eigenvalue weighted by Crippen LogP contribution is -2.53. The first-order chi connectivity index (χ1) is 8.54. The topological polar surface area (TPSA) is 38.2 Å². The summed E-state index contributed by atoms with van der Waals surface area (Å²) in [6.07, 6.45) is 3.85. The van der Waals surface area contributed by atoms with Crippen molar-refractivity contribution in [2.45, 2.75) is 30.6 Å². The molecule has 0 radical (unpaired) electrons. The molecule has 1 aliphatic heterocycles. The summed E-state index contributed by atoms with van der Waals surface area (Å²) in [5.41, 5.74) is -0.152. The lowest BCUT2D eigenvalue weighted by atomic mass is 10.1. The first kappa shape index (κ1) is 14.1. The molecule has 2 rings (SSSR count). The number of ether oxygens (including phenoxy) is 1. The molecule has 100 valence electrons. The third-order valence-electron chi connectivity index (χ3n) is 2.81. The van der Waals surface area contributed by atoms with Crippen molar-refractivity contribution >= 4 is 33.5 Å². The van der Waals surface area contributed by atoms with Gasteiger partial charge < -0.3 is 9.64 Å². The minimum Gasteiger partial charge on any atom is -0.368 e. The summed E-state index contributed by atoms with van der Waals surface area (Å²) < 4.78 is 5.99. The summed E-state index contributed by atoms with van der Waals surface area (Å²) in [6, 6.07) is 2.04. The molecule has 0 amide bonds. The normalized spacial score (nSPS) is 23.1. The van der Waals surface area contributed by atoms with Gasteiger partial charge in [0, 0.05) is 24.5 Å². The third-order valence-corrected chi connectivity index (χ3v) is 4.18. The molecule has 6 heteroatoms. The van der Waals surface area contributed by atoms with E-state index >= 15 is 0 Å². The Kier molecular flexibility index (Phi) is 4.50. The summed E-state index contributed by atoms with van der Waals surface area (Å²) in [5.74, 6) is 0.983. The zero-order chi connectivity index (χ0) is 13.2. The van der Waals surface area contributed by atoms with Gasteiger partial charge in [0.1, 0.15) is 17.2 Å². The van der Waals surface area contributed by atoms with E-state index in [2.05, 4.69) is 44.6 Å². The van der Waals surface area contributed by atoms with Gasteiger partial charge in [0.2, 0.25) is 0 Å². The number of halogens is 1. The van der Waals surface area contributed by atoms with Gasteiger partial charge >= 0.3 is 0 Å². The van der Waals surface area contributed by atoms with Crippen LogP contribution in [0.3, 0.4) is 0 Å². The number of hydrogen-bond acceptors (Lipinski definition) is 5. The van der Waals surface area contributed by atoms with Crippen molar-refractivity contribution in [3.05, 3.63) is 12.4 Å². The summed E-state index contributed by atoms with van der Waals surface area (Å²) in [7, 11) is 0. The summed E-state index contributed by atoms with van der Waals surface area (Å²) >= 11 is 5.14. The Morgan fingerprint density at radius 3 is 3.00 bits per heavy atom. The van der Waals surface area contributed by atoms with Crippen LogP contribution < -0.4 is 4.90 Å². The van der Waals surface area contributed by atoms with E-state index in [1.807, 2.05) is 12.3 Å². The summed E-state index contributed by atoms with van der Waals surface area (Å²) in [5, 5.41) is 1.84. The second kappa shape index (κ2) is 5.75. The van der Waals surface area contributed by atoms with Crippen molar-refractivity contribution in [3.8, 4) is 0 Å². The Morgan fingerprint density at radius 2 is 2.33 bits per heavy atom. The van der Waals surface area contributed by atoms with Crippen molar-refractivity contribution in [2.24, 2.45) is 0 Å². The Labute approximate surface area is 121 Å². The molecule has 1 aliphatic rings. The average molecular weight is 332 g/mol. The van der Waals surface area contributed by atoms with Gasteiger partial charge in [-0.1, -0.05) is 15.9 Å². The minimum atomic E-state index is -0.152. The molecule has 4 nitrogen and oxygen atoms in total. The van der Waals surface area contributed by atoms with Crippen LogP contribution in [0.4, 0.5) is 5.82 Å². The van der Waals surface area contributed by atoms with E-state index in [0.717, 1.165) is 29.3 Å². The van der Waals surface area contributed by atoms with Crippen LogP contribution in [0.25, 0.3) is 0 Å². The molecule has 0 saturated carbocycles. The molecular weight excluding hydrogens is 314 g/mol. The molecule has 0 aromatic carbocycles. The van der Waals surface area contributed by atoms with Gasteiger partial charge in [-0.2, -0.15) is 0 Å². The van der Waals surface area contributed by atoms with Crippen molar-refractivity contribution in [3.63, 3.8) is 0 Å². The van der Waals surface area contributed by atoms with Gasteiger partial charge in [-0.15, -0.1) is 11.8 Å². The Bertz CT molecular complexity index is 416. The van der Waals surface area contributed by atoms with Crippen molar-refractivity contribution in [2.75, 3.05) is 29.6 Å². The van der Waals surface area contributed by atoms with Crippen LogP contribution in [0.2, 0.25) is 0 Å². The first-order valence-corrected chi connectivity index (χ1v) is 8.23. The second-order valence-electron chi connectivity index (χ2n) is 4.95. The summed E-state index contributed by atoms with van der Waals surface area (Å²) in [4.78, 5) is 10.9. The zero-order valence-corrected chi connectivity index (χ0v) is 13.3. The fourth-order valence-corrected chi connectivity index (χ4v) is 2.88. The number of morpholine rings is 1. The van der Waals surface area contributed by atoms with Gasteiger partial charge in [-0.25, -0.2) is 9.97 Å². The number of alkyl halides is 1. The Balaban J connectivity index is 2.20. The van der Waals surface area contributed by atoms with Gasteiger partial charge in [0.25, 0.3) is 0 Å². The highest BCUT2D eigenvalue weighted by Gasteiger charge is 2.33. The standard InChI is InChI=1S/C12H18BrN3OS/c1-12(2)7-16(6-9(5-13)17-12)10-4-11(18-3)15-8-14-10/h4,8-9H,5-7H2,1-3H3. The van der Waals surface area contributed by atoms with Gasteiger partial charge in [-0.05, 0) is 20.1 Å². The lowest BCUT2D eigenvalue weighted by molar-refractivity contribution is -0.0726. The molecule has 1 aromatic rings. The van der Waals surface area contributed by atoms with E-state index in [4.69, 9.17) is 4.74 Å². The number of rotatable bonds is 3. The van der Waals surface area contributed by atoms with E-state index < -0.39 is 0 Å². The highest BCUT2D eigenvalue weighted by molar-refractivity contribution is 9.09. The number of aromatic nitrogens is 2. The molecule has 1 unspecified atom stereocenters. The number of anilines is 1. The van der Waals surface area contributed by atoms with E-state index in [0.29, 0.717) is 0 Å². The summed E-state index contributed by atoms with van der Waals surface area (Å²) in [6.45, 7) is 5.94. The van der Waals surface area contributed by atoms with Gasteiger partial charge in [0.15, 0.2) is 0 Å². The van der Waals surface area contributed by atoms with Crippen LogP contribution in [0, 0.1) is 0 Å². The van der Waals surface area contributed by atoms with Crippen LogP contribution in [0.5, 0.6) is 0 Å². The number of nitrogens with zero attached hydrogens (tertiary/aromatic N) is 3. The highest BCUT2D eigenvalue weighted by Crippen LogP contribution is 2.26. The highest BCUT2D eigenvalue weighted by atomic mass is 79.9. The van der Waals surface area contributed by atoms with Crippen molar-refractivity contribution in [1.29, 1.82) is 0 Å². The smallest absolute Gasteiger partial charge is 0.133 e. The maximum atomic E-state index is 5.99. The minimum absolute atomic E-state index is 0.152. The lowest BCUT2D eigenvalue weighted by Gasteiger charge is -2.42. The van der Waals surface area contributed by atoms with E-state index in [-0.39, 0.29) is 11.7 Å². The Hall–Kier alpha value is -0.330. The SMILES string of the molecule is CSc1cc(N2CC(CBr)OC(C)(C)C2)ncn1. The molecule has 1 saturated heterocycles.